The number of hydrogen-bond acceptors (Lipinski definition) is 6. The van der Waals surface area contributed by atoms with E-state index in [2.05, 4.69) is 38.7 Å². The van der Waals surface area contributed by atoms with Gasteiger partial charge in [-0.3, -0.25) is 9.59 Å². The highest BCUT2D eigenvalue weighted by Gasteiger charge is 2.27. The van der Waals surface area contributed by atoms with E-state index in [1.165, 1.54) is 19.8 Å². The van der Waals surface area contributed by atoms with Crippen molar-refractivity contribution in [2.24, 2.45) is 5.92 Å². The molecule has 174 valence electrons. The maximum atomic E-state index is 11.7. The first-order chi connectivity index (χ1) is 16.1. The molecule has 0 saturated heterocycles. The van der Waals surface area contributed by atoms with Gasteiger partial charge in [0, 0.05) is 5.56 Å². The Labute approximate surface area is 194 Å². The van der Waals surface area contributed by atoms with Crippen LogP contribution >= 0.6 is 0 Å². The minimum atomic E-state index is -0.824. The number of carbonyl (C=O) groups is 2. The molecule has 1 aromatic heterocycles. The van der Waals surface area contributed by atoms with Crippen LogP contribution in [-0.2, 0) is 25.5 Å². The molecule has 0 radical (unpaired) electrons. The molecule has 0 amide bonds. The number of unbranched alkanes of at least 4 members (excludes halogenated alkanes) is 4. The lowest BCUT2D eigenvalue weighted by Crippen LogP contribution is -2.26. The van der Waals surface area contributed by atoms with Crippen molar-refractivity contribution in [2.45, 2.75) is 44.9 Å². The van der Waals surface area contributed by atoms with Gasteiger partial charge in [-0.15, -0.1) is 0 Å². The van der Waals surface area contributed by atoms with Gasteiger partial charge in [0.1, 0.15) is 6.26 Å². The Kier molecular flexibility index (Phi) is 9.24. The molecule has 0 spiro atoms. The Bertz CT molecular complexity index is 995. The molecule has 1 heterocycles. The Morgan fingerprint density at radius 2 is 1.36 bits per heavy atom. The number of aromatic nitrogens is 1. The third-order valence-electron chi connectivity index (χ3n) is 5.69. The minimum absolute atomic E-state index is 0.453. The quantitative estimate of drug-likeness (QED) is 0.196. The highest BCUT2D eigenvalue weighted by Crippen LogP contribution is 2.25. The second kappa shape index (κ2) is 12.6. The number of benzene rings is 2. The maximum absolute atomic E-state index is 11.7. The van der Waals surface area contributed by atoms with Gasteiger partial charge in [0.15, 0.2) is 5.92 Å². The first-order valence-corrected chi connectivity index (χ1v) is 11.4. The minimum Gasteiger partial charge on any atom is -0.468 e. The van der Waals surface area contributed by atoms with Gasteiger partial charge in [0.2, 0.25) is 5.89 Å². The van der Waals surface area contributed by atoms with Gasteiger partial charge in [-0.1, -0.05) is 68.1 Å². The smallest absolute Gasteiger partial charge is 0.320 e. The average molecular weight is 450 g/mol. The summed E-state index contributed by atoms with van der Waals surface area (Å²) in [7, 11) is 2.57. The van der Waals surface area contributed by atoms with Crippen LogP contribution in [0.15, 0.2) is 65.3 Å². The first-order valence-electron chi connectivity index (χ1n) is 11.4. The molecule has 0 atom stereocenters. The molecule has 33 heavy (non-hydrogen) atoms. The fourth-order valence-corrected chi connectivity index (χ4v) is 3.79. The summed E-state index contributed by atoms with van der Waals surface area (Å²) in [6.45, 7) is 0. The van der Waals surface area contributed by atoms with E-state index in [9.17, 15) is 9.59 Å². The number of rotatable bonds is 12. The van der Waals surface area contributed by atoms with E-state index < -0.39 is 17.9 Å². The van der Waals surface area contributed by atoms with E-state index >= 15 is 0 Å². The summed E-state index contributed by atoms with van der Waals surface area (Å²) in [5.74, 6) is -1.24. The summed E-state index contributed by atoms with van der Waals surface area (Å²) in [5, 5.41) is 0. The summed E-state index contributed by atoms with van der Waals surface area (Å²) in [4.78, 5) is 28.0. The Morgan fingerprint density at radius 1 is 0.788 bits per heavy atom. The monoisotopic (exact) mass is 449 g/mol. The van der Waals surface area contributed by atoms with Crippen molar-refractivity contribution >= 4 is 11.9 Å². The number of carbonyl (C=O) groups excluding carboxylic acids is 2. The second-order valence-corrected chi connectivity index (χ2v) is 7.99. The highest BCUT2D eigenvalue weighted by molar-refractivity contribution is 5.94. The SMILES string of the molecule is COC(=O)C(CCCCCCCc1coc(-c2ccc(-c3ccccc3)cc2)n1)C(=O)OC. The summed E-state index contributed by atoms with van der Waals surface area (Å²) >= 11 is 0. The van der Waals surface area contributed by atoms with Crippen molar-refractivity contribution in [3.05, 3.63) is 66.6 Å². The number of hydrogen-bond donors (Lipinski definition) is 0. The van der Waals surface area contributed by atoms with Gasteiger partial charge in [0.25, 0.3) is 0 Å². The van der Waals surface area contributed by atoms with Crippen molar-refractivity contribution in [2.75, 3.05) is 14.2 Å². The zero-order chi connectivity index (χ0) is 23.5. The predicted molar refractivity (Wildman–Crippen MR) is 126 cm³/mol. The molecular weight excluding hydrogens is 418 g/mol. The molecule has 0 saturated carbocycles. The van der Waals surface area contributed by atoms with Crippen molar-refractivity contribution in [1.82, 2.24) is 4.98 Å². The van der Waals surface area contributed by atoms with Crippen LogP contribution in [0.25, 0.3) is 22.6 Å². The van der Waals surface area contributed by atoms with Crippen LogP contribution in [0.2, 0.25) is 0 Å². The molecule has 6 heteroatoms. The first kappa shape index (κ1) is 24.2. The van der Waals surface area contributed by atoms with Crippen LogP contribution in [0.4, 0.5) is 0 Å². The van der Waals surface area contributed by atoms with Crippen LogP contribution < -0.4 is 0 Å². The summed E-state index contributed by atoms with van der Waals surface area (Å²) < 4.78 is 15.1. The van der Waals surface area contributed by atoms with Crippen molar-refractivity contribution in [1.29, 1.82) is 0 Å². The molecule has 0 aliphatic rings. The Balaban J connectivity index is 1.38. The second-order valence-electron chi connectivity index (χ2n) is 7.99. The molecule has 0 fully saturated rings. The lowest BCUT2D eigenvalue weighted by molar-refractivity contribution is -0.159. The fraction of sp³-hybridized carbons (Fsp3) is 0.370. The number of oxazole rings is 1. The molecule has 0 bridgehead atoms. The normalized spacial score (nSPS) is 10.9. The summed E-state index contributed by atoms with van der Waals surface area (Å²) in [6.07, 6.45) is 7.86. The van der Waals surface area contributed by atoms with Crippen LogP contribution in [0.1, 0.15) is 44.2 Å². The van der Waals surface area contributed by atoms with E-state index in [1.54, 1.807) is 6.26 Å². The van der Waals surface area contributed by atoms with Crippen molar-refractivity contribution in [3.63, 3.8) is 0 Å². The third kappa shape index (κ3) is 7.04. The highest BCUT2D eigenvalue weighted by atomic mass is 16.5. The molecule has 2 aromatic carbocycles. The maximum Gasteiger partial charge on any atom is 0.320 e. The van der Waals surface area contributed by atoms with E-state index in [-0.39, 0.29) is 0 Å². The Morgan fingerprint density at radius 3 is 2.03 bits per heavy atom. The fourth-order valence-electron chi connectivity index (χ4n) is 3.79. The molecule has 0 unspecified atom stereocenters. The van der Waals surface area contributed by atoms with Crippen LogP contribution in [0.5, 0.6) is 0 Å². The number of esters is 2. The summed E-state index contributed by atoms with van der Waals surface area (Å²) in [5.41, 5.74) is 4.26. The van der Waals surface area contributed by atoms with E-state index in [0.29, 0.717) is 12.3 Å². The summed E-state index contributed by atoms with van der Waals surface area (Å²) in [6, 6.07) is 18.5. The van der Waals surface area contributed by atoms with Crippen LogP contribution in [0, 0.1) is 5.92 Å². The lowest BCUT2D eigenvalue weighted by atomic mass is 10.00. The topological polar surface area (TPSA) is 78.6 Å². The Hall–Kier alpha value is -3.41. The van der Waals surface area contributed by atoms with Crippen LogP contribution in [-0.4, -0.2) is 31.1 Å². The largest absolute Gasteiger partial charge is 0.468 e. The van der Waals surface area contributed by atoms with Crippen LogP contribution in [0.3, 0.4) is 0 Å². The number of nitrogens with zero attached hydrogens (tertiary/aromatic N) is 1. The van der Waals surface area contributed by atoms with Gasteiger partial charge in [-0.25, -0.2) is 4.98 Å². The lowest BCUT2D eigenvalue weighted by Gasteiger charge is -2.11. The zero-order valence-electron chi connectivity index (χ0n) is 19.3. The molecule has 0 N–H and O–H groups in total. The molecule has 0 aliphatic heterocycles. The number of ether oxygens (including phenoxy) is 2. The number of methoxy groups -OCH3 is 2. The average Bonchev–Trinajstić information content (AvgIpc) is 3.34. The van der Waals surface area contributed by atoms with Gasteiger partial charge in [-0.05, 0) is 42.5 Å². The predicted octanol–water partition coefficient (Wildman–Crippen LogP) is 5.85. The van der Waals surface area contributed by atoms with Crippen molar-refractivity contribution < 1.29 is 23.5 Å². The zero-order valence-corrected chi connectivity index (χ0v) is 19.3. The van der Waals surface area contributed by atoms with E-state index in [0.717, 1.165) is 55.3 Å². The molecular formula is C27H31NO5. The third-order valence-corrected chi connectivity index (χ3v) is 5.69. The van der Waals surface area contributed by atoms with Gasteiger partial charge >= 0.3 is 11.9 Å². The van der Waals surface area contributed by atoms with Gasteiger partial charge in [-0.2, -0.15) is 0 Å². The standard InChI is InChI=1S/C27H31NO5/c1-31-26(29)24(27(30)32-2)14-10-5-3-4-9-13-23-19-33-25(28-23)22-17-15-21(16-18-22)20-11-7-6-8-12-20/h6-8,11-12,15-19,24H,3-5,9-10,13-14H2,1-2H3. The van der Waals surface area contributed by atoms with E-state index in [4.69, 9.17) is 4.42 Å². The van der Waals surface area contributed by atoms with Crippen molar-refractivity contribution in [3.8, 4) is 22.6 Å². The molecule has 3 rings (SSSR count). The molecule has 3 aromatic rings. The van der Waals surface area contributed by atoms with Gasteiger partial charge < -0.3 is 13.9 Å². The molecule has 0 aliphatic carbocycles. The number of aryl methyl sites for hydroxylation is 1. The molecule has 6 nitrogen and oxygen atoms in total. The van der Waals surface area contributed by atoms with E-state index in [1.807, 2.05) is 30.3 Å². The van der Waals surface area contributed by atoms with Gasteiger partial charge in [0.05, 0.1) is 19.9 Å².